The van der Waals surface area contributed by atoms with Crippen molar-refractivity contribution in [2.24, 2.45) is 0 Å². The number of aliphatic hydroxyl groups is 1. The Balaban J connectivity index is 2.40. The van der Waals surface area contributed by atoms with Crippen molar-refractivity contribution in [1.82, 2.24) is 5.32 Å². The van der Waals surface area contributed by atoms with Gasteiger partial charge >= 0.3 is 0 Å². The maximum absolute atomic E-state index is 8.98. The van der Waals surface area contributed by atoms with Gasteiger partial charge in [0.15, 0.2) is 0 Å². The van der Waals surface area contributed by atoms with Crippen molar-refractivity contribution in [2.75, 3.05) is 6.61 Å². The molecule has 0 aromatic rings. The van der Waals surface area contributed by atoms with Gasteiger partial charge in [-0.1, -0.05) is 6.58 Å². The minimum Gasteiger partial charge on any atom is -0.394 e. The molecule has 0 atom stereocenters. The van der Waals surface area contributed by atoms with Gasteiger partial charge in [0.1, 0.15) is 0 Å². The van der Waals surface area contributed by atoms with E-state index in [0.29, 0.717) is 0 Å². The van der Waals surface area contributed by atoms with Gasteiger partial charge in [0, 0.05) is 5.70 Å². The van der Waals surface area contributed by atoms with Gasteiger partial charge in [0.05, 0.1) is 12.1 Å². The average Bonchev–Trinajstić information content (AvgIpc) is 1.78. The summed E-state index contributed by atoms with van der Waals surface area (Å²) in [6.07, 6.45) is 3.38. The zero-order chi connectivity index (χ0) is 7.61. The molecule has 58 valence electrons. The highest BCUT2D eigenvalue weighted by Gasteiger charge is 2.35. The van der Waals surface area contributed by atoms with Gasteiger partial charge in [-0.15, -0.1) is 0 Å². The number of nitrogens with one attached hydrogen (secondary N) is 1. The van der Waals surface area contributed by atoms with Gasteiger partial charge in [0.25, 0.3) is 0 Å². The molecule has 0 heterocycles. The molecule has 0 bridgehead atoms. The van der Waals surface area contributed by atoms with Crippen molar-refractivity contribution < 1.29 is 5.11 Å². The fourth-order valence-corrected chi connectivity index (χ4v) is 1.38. The second-order valence-electron chi connectivity index (χ2n) is 3.20. The molecular weight excluding hydrogens is 126 g/mol. The summed E-state index contributed by atoms with van der Waals surface area (Å²) < 4.78 is 0. The van der Waals surface area contributed by atoms with E-state index in [2.05, 4.69) is 11.9 Å². The van der Waals surface area contributed by atoms with Crippen LogP contribution < -0.4 is 5.32 Å². The third-order valence-electron chi connectivity index (χ3n) is 2.09. The number of hydrogen-bond acceptors (Lipinski definition) is 2. The highest BCUT2D eigenvalue weighted by molar-refractivity contribution is 5.03. The molecule has 0 saturated heterocycles. The zero-order valence-corrected chi connectivity index (χ0v) is 6.48. The molecule has 0 aliphatic heterocycles. The predicted octanol–water partition coefficient (Wildman–Crippen LogP) is 1.02. The van der Waals surface area contributed by atoms with Crippen LogP contribution in [0.4, 0.5) is 0 Å². The molecular formula is C8H15NO. The number of rotatable bonds is 3. The van der Waals surface area contributed by atoms with Crippen LogP contribution in [-0.4, -0.2) is 17.3 Å². The first-order chi connectivity index (χ1) is 4.68. The summed E-state index contributed by atoms with van der Waals surface area (Å²) >= 11 is 0. The predicted molar refractivity (Wildman–Crippen MR) is 41.6 cm³/mol. The van der Waals surface area contributed by atoms with Crippen LogP contribution in [0.5, 0.6) is 0 Å². The van der Waals surface area contributed by atoms with Crippen LogP contribution in [0.25, 0.3) is 0 Å². The van der Waals surface area contributed by atoms with E-state index in [9.17, 15) is 0 Å². The number of aliphatic hydroxyl groups excluding tert-OH is 1. The van der Waals surface area contributed by atoms with E-state index >= 15 is 0 Å². The third-order valence-corrected chi connectivity index (χ3v) is 2.09. The minimum atomic E-state index is -0.00810. The summed E-state index contributed by atoms with van der Waals surface area (Å²) in [5, 5.41) is 12.2. The standard InChI is InChI=1S/C8H15NO/c1-7(2)9-8(6-10)4-3-5-8/h9-10H,1,3-6H2,2H3. The van der Waals surface area contributed by atoms with E-state index in [1.54, 1.807) is 0 Å². The lowest BCUT2D eigenvalue weighted by atomic mass is 9.77. The zero-order valence-electron chi connectivity index (χ0n) is 6.48. The second kappa shape index (κ2) is 2.62. The Morgan fingerprint density at radius 2 is 2.30 bits per heavy atom. The molecule has 0 unspecified atom stereocenters. The first-order valence-electron chi connectivity index (χ1n) is 3.73. The summed E-state index contributed by atoms with van der Waals surface area (Å²) in [4.78, 5) is 0. The molecule has 1 fully saturated rings. The van der Waals surface area contributed by atoms with E-state index in [-0.39, 0.29) is 12.1 Å². The molecule has 1 rings (SSSR count). The number of hydrogen-bond donors (Lipinski definition) is 2. The van der Waals surface area contributed by atoms with Crippen LogP contribution in [0.3, 0.4) is 0 Å². The lowest BCUT2D eigenvalue weighted by Crippen LogP contribution is -2.52. The molecule has 1 aliphatic carbocycles. The maximum Gasteiger partial charge on any atom is 0.0661 e. The van der Waals surface area contributed by atoms with Gasteiger partial charge in [-0.25, -0.2) is 0 Å². The van der Waals surface area contributed by atoms with Gasteiger partial charge < -0.3 is 10.4 Å². The van der Waals surface area contributed by atoms with E-state index in [0.717, 1.165) is 18.5 Å². The largest absolute Gasteiger partial charge is 0.394 e. The van der Waals surface area contributed by atoms with Crippen molar-refractivity contribution in [3.8, 4) is 0 Å². The molecule has 1 saturated carbocycles. The quantitative estimate of drug-likeness (QED) is 0.615. The first-order valence-corrected chi connectivity index (χ1v) is 3.73. The van der Waals surface area contributed by atoms with Crippen LogP contribution in [-0.2, 0) is 0 Å². The Hall–Kier alpha value is -0.500. The first kappa shape index (κ1) is 7.61. The van der Waals surface area contributed by atoms with Crippen LogP contribution in [0.1, 0.15) is 26.2 Å². The van der Waals surface area contributed by atoms with Crippen LogP contribution in [0.15, 0.2) is 12.3 Å². The van der Waals surface area contributed by atoms with Crippen molar-refractivity contribution in [2.45, 2.75) is 31.7 Å². The summed E-state index contributed by atoms with van der Waals surface area (Å²) in [5.41, 5.74) is 0.944. The Morgan fingerprint density at radius 1 is 1.70 bits per heavy atom. The van der Waals surface area contributed by atoms with Crippen LogP contribution >= 0.6 is 0 Å². The van der Waals surface area contributed by atoms with Crippen molar-refractivity contribution >= 4 is 0 Å². The van der Waals surface area contributed by atoms with Gasteiger partial charge in [0.2, 0.25) is 0 Å². The van der Waals surface area contributed by atoms with E-state index < -0.39 is 0 Å². The molecule has 2 nitrogen and oxygen atoms in total. The molecule has 0 aromatic carbocycles. The Bertz CT molecular complexity index is 133. The Morgan fingerprint density at radius 3 is 2.40 bits per heavy atom. The lowest BCUT2D eigenvalue weighted by molar-refractivity contribution is 0.0988. The topological polar surface area (TPSA) is 32.3 Å². The third kappa shape index (κ3) is 1.32. The average molecular weight is 141 g/mol. The molecule has 0 amide bonds. The summed E-state index contributed by atoms with van der Waals surface area (Å²) in [7, 11) is 0. The maximum atomic E-state index is 8.98. The summed E-state index contributed by atoms with van der Waals surface area (Å²) in [6, 6.07) is 0. The smallest absolute Gasteiger partial charge is 0.0661 e. The molecule has 0 spiro atoms. The SMILES string of the molecule is C=C(C)NC1(CO)CCC1. The molecule has 0 radical (unpaired) electrons. The Kier molecular flexibility index (Phi) is 2.00. The Labute approximate surface area is 61.9 Å². The van der Waals surface area contributed by atoms with E-state index in [4.69, 9.17) is 5.11 Å². The van der Waals surface area contributed by atoms with Crippen molar-refractivity contribution in [3.05, 3.63) is 12.3 Å². The normalized spacial score (nSPS) is 21.4. The highest BCUT2D eigenvalue weighted by atomic mass is 16.3. The van der Waals surface area contributed by atoms with E-state index in [1.165, 1.54) is 6.42 Å². The molecule has 1 aliphatic rings. The fraction of sp³-hybridized carbons (Fsp3) is 0.750. The molecule has 2 N–H and O–H groups in total. The van der Waals surface area contributed by atoms with Crippen molar-refractivity contribution in [3.63, 3.8) is 0 Å². The molecule has 0 aromatic heterocycles. The minimum absolute atomic E-state index is 0.00810. The van der Waals surface area contributed by atoms with Crippen LogP contribution in [0, 0.1) is 0 Å². The lowest BCUT2D eigenvalue weighted by Gasteiger charge is -2.41. The van der Waals surface area contributed by atoms with Gasteiger partial charge in [-0.3, -0.25) is 0 Å². The van der Waals surface area contributed by atoms with Crippen LogP contribution in [0.2, 0.25) is 0 Å². The molecule has 10 heavy (non-hydrogen) atoms. The molecule has 2 heteroatoms. The fourth-order valence-electron chi connectivity index (χ4n) is 1.38. The van der Waals surface area contributed by atoms with E-state index in [1.807, 2.05) is 6.92 Å². The summed E-state index contributed by atoms with van der Waals surface area (Å²) in [5.74, 6) is 0. The number of allylic oxidation sites excluding steroid dienone is 1. The van der Waals surface area contributed by atoms with Gasteiger partial charge in [-0.05, 0) is 26.2 Å². The monoisotopic (exact) mass is 141 g/mol. The second-order valence-corrected chi connectivity index (χ2v) is 3.20. The highest BCUT2D eigenvalue weighted by Crippen LogP contribution is 2.31. The van der Waals surface area contributed by atoms with Crippen molar-refractivity contribution in [1.29, 1.82) is 0 Å². The van der Waals surface area contributed by atoms with Gasteiger partial charge in [-0.2, -0.15) is 0 Å². The summed E-state index contributed by atoms with van der Waals surface area (Å²) in [6.45, 7) is 5.91.